The number of rotatable bonds is 3. The molecule has 0 saturated heterocycles. The van der Waals surface area contributed by atoms with E-state index in [4.69, 9.17) is 11.6 Å². The molecule has 2 aromatic rings. The second kappa shape index (κ2) is 5.72. The van der Waals surface area contributed by atoms with Gasteiger partial charge in [-0.05, 0) is 39.7 Å². The predicted octanol–water partition coefficient (Wildman–Crippen LogP) is 4.55. The van der Waals surface area contributed by atoms with E-state index in [1.54, 1.807) is 10.8 Å². The SMILES string of the molecule is CCC(=O)n1ccc(Br)c1Cc1ccc(Cl)cc1. The fraction of sp³-hybridized carbons (Fsp3) is 0.214. The van der Waals surface area contributed by atoms with E-state index < -0.39 is 0 Å². The van der Waals surface area contributed by atoms with Crippen LogP contribution in [0.25, 0.3) is 0 Å². The molecule has 1 aromatic carbocycles. The molecule has 1 aromatic heterocycles. The highest BCUT2D eigenvalue weighted by atomic mass is 79.9. The Bertz CT molecular complexity index is 560. The number of hydrogen-bond acceptors (Lipinski definition) is 1. The maximum atomic E-state index is 11.8. The average Bonchev–Trinajstić information content (AvgIpc) is 2.73. The smallest absolute Gasteiger partial charge is 0.230 e. The van der Waals surface area contributed by atoms with Crippen LogP contribution in [0.15, 0.2) is 41.0 Å². The summed E-state index contributed by atoms with van der Waals surface area (Å²) < 4.78 is 2.66. The first-order valence-corrected chi connectivity index (χ1v) is 6.92. The molecular weight excluding hydrogens is 314 g/mol. The van der Waals surface area contributed by atoms with Crippen LogP contribution < -0.4 is 0 Å². The lowest BCUT2D eigenvalue weighted by atomic mass is 10.1. The molecule has 0 bridgehead atoms. The van der Waals surface area contributed by atoms with Crippen LogP contribution in [-0.4, -0.2) is 10.5 Å². The van der Waals surface area contributed by atoms with Crippen LogP contribution in [0.3, 0.4) is 0 Å². The van der Waals surface area contributed by atoms with Crippen LogP contribution in [0.5, 0.6) is 0 Å². The summed E-state index contributed by atoms with van der Waals surface area (Å²) in [5.74, 6) is 0.102. The van der Waals surface area contributed by atoms with E-state index in [9.17, 15) is 4.79 Å². The monoisotopic (exact) mass is 325 g/mol. The van der Waals surface area contributed by atoms with Gasteiger partial charge in [0.1, 0.15) is 0 Å². The van der Waals surface area contributed by atoms with E-state index in [1.807, 2.05) is 37.3 Å². The highest BCUT2D eigenvalue weighted by Crippen LogP contribution is 2.22. The van der Waals surface area contributed by atoms with Gasteiger partial charge in [-0.25, -0.2) is 0 Å². The third-order valence-corrected chi connectivity index (χ3v) is 3.77. The number of aromatic nitrogens is 1. The normalized spacial score (nSPS) is 10.6. The first-order chi connectivity index (χ1) is 8.61. The number of benzene rings is 1. The lowest BCUT2D eigenvalue weighted by molar-refractivity contribution is 0.0906. The molecule has 0 saturated carbocycles. The molecule has 4 heteroatoms. The molecule has 0 amide bonds. The summed E-state index contributed by atoms with van der Waals surface area (Å²) in [7, 11) is 0. The van der Waals surface area contributed by atoms with Crippen LogP contribution in [0.1, 0.15) is 29.4 Å². The molecule has 0 spiro atoms. The van der Waals surface area contributed by atoms with Crippen LogP contribution in [0.4, 0.5) is 0 Å². The maximum absolute atomic E-state index is 11.8. The molecule has 0 aliphatic rings. The van der Waals surface area contributed by atoms with Crippen molar-refractivity contribution < 1.29 is 4.79 Å². The number of nitrogens with zero attached hydrogens (tertiary/aromatic N) is 1. The van der Waals surface area contributed by atoms with Gasteiger partial charge >= 0.3 is 0 Å². The summed E-state index contributed by atoms with van der Waals surface area (Å²) in [6, 6.07) is 9.57. The molecule has 0 unspecified atom stereocenters. The number of carbonyl (C=O) groups is 1. The lowest BCUT2D eigenvalue weighted by Crippen LogP contribution is -2.11. The molecular formula is C14H13BrClNO. The molecule has 94 valence electrons. The minimum Gasteiger partial charge on any atom is -0.290 e. The van der Waals surface area contributed by atoms with Crippen LogP contribution >= 0.6 is 27.5 Å². The van der Waals surface area contributed by atoms with Gasteiger partial charge in [0, 0.05) is 34.2 Å². The summed E-state index contributed by atoms with van der Waals surface area (Å²) in [5, 5.41) is 0.720. The zero-order chi connectivity index (χ0) is 13.1. The molecule has 2 rings (SSSR count). The van der Waals surface area contributed by atoms with Gasteiger partial charge in [0.2, 0.25) is 5.91 Å². The van der Waals surface area contributed by atoms with Crippen LogP contribution in [0, 0.1) is 0 Å². The molecule has 0 fully saturated rings. The summed E-state index contributed by atoms with van der Waals surface area (Å²) in [6.45, 7) is 1.86. The van der Waals surface area contributed by atoms with Crippen LogP contribution in [0.2, 0.25) is 5.02 Å². The van der Waals surface area contributed by atoms with Crippen LogP contribution in [-0.2, 0) is 6.42 Å². The largest absolute Gasteiger partial charge is 0.290 e. The molecule has 1 heterocycles. The van der Waals surface area contributed by atoms with E-state index in [-0.39, 0.29) is 5.91 Å². The molecule has 0 atom stereocenters. The standard InChI is InChI=1S/C14H13BrClNO/c1-2-14(18)17-8-7-12(15)13(17)9-10-3-5-11(16)6-4-10/h3-8H,2,9H2,1H3. The molecule has 2 nitrogen and oxygen atoms in total. The topological polar surface area (TPSA) is 22.0 Å². The van der Waals surface area contributed by atoms with Gasteiger partial charge in [0.15, 0.2) is 0 Å². The Balaban J connectivity index is 2.31. The van der Waals surface area contributed by atoms with E-state index in [1.165, 1.54) is 0 Å². The zero-order valence-corrected chi connectivity index (χ0v) is 12.3. The Hall–Kier alpha value is -1.06. The molecule has 18 heavy (non-hydrogen) atoms. The Morgan fingerprint density at radius 1 is 1.28 bits per heavy atom. The van der Waals surface area contributed by atoms with Gasteiger partial charge in [-0.1, -0.05) is 30.7 Å². The number of hydrogen-bond donors (Lipinski definition) is 0. The minimum absolute atomic E-state index is 0.102. The second-order valence-electron chi connectivity index (χ2n) is 4.03. The first-order valence-electron chi connectivity index (χ1n) is 5.75. The van der Waals surface area contributed by atoms with E-state index in [2.05, 4.69) is 15.9 Å². The van der Waals surface area contributed by atoms with E-state index in [0.29, 0.717) is 12.8 Å². The number of halogens is 2. The van der Waals surface area contributed by atoms with E-state index >= 15 is 0 Å². The highest BCUT2D eigenvalue weighted by Gasteiger charge is 2.12. The quantitative estimate of drug-likeness (QED) is 0.811. The van der Waals surface area contributed by atoms with Crippen molar-refractivity contribution in [2.24, 2.45) is 0 Å². The highest BCUT2D eigenvalue weighted by molar-refractivity contribution is 9.10. The Morgan fingerprint density at radius 2 is 1.94 bits per heavy atom. The van der Waals surface area contributed by atoms with Gasteiger partial charge < -0.3 is 0 Å². The molecule has 0 aliphatic carbocycles. The van der Waals surface area contributed by atoms with Crippen molar-refractivity contribution in [3.05, 3.63) is 57.3 Å². The second-order valence-corrected chi connectivity index (χ2v) is 5.32. The summed E-state index contributed by atoms with van der Waals surface area (Å²) >= 11 is 9.35. The van der Waals surface area contributed by atoms with Crippen molar-refractivity contribution in [3.8, 4) is 0 Å². The third kappa shape index (κ3) is 2.85. The molecule has 0 aliphatic heterocycles. The average molecular weight is 327 g/mol. The van der Waals surface area contributed by atoms with Gasteiger partial charge in [-0.3, -0.25) is 9.36 Å². The van der Waals surface area contributed by atoms with Crippen molar-refractivity contribution in [3.63, 3.8) is 0 Å². The van der Waals surface area contributed by atoms with E-state index in [0.717, 1.165) is 20.8 Å². The van der Waals surface area contributed by atoms with Crippen molar-refractivity contribution in [2.75, 3.05) is 0 Å². The Labute approximate surface area is 120 Å². The fourth-order valence-corrected chi connectivity index (χ4v) is 2.39. The maximum Gasteiger partial charge on any atom is 0.230 e. The Morgan fingerprint density at radius 3 is 2.56 bits per heavy atom. The number of carbonyl (C=O) groups excluding carboxylic acids is 1. The van der Waals surface area contributed by atoms with Crippen molar-refractivity contribution in [1.29, 1.82) is 0 Å². The van der Waals surface area contributed by atoms with Gasteiger partial charge in [-0.2, -0.15) is 0 Å². The lowest BCUT2D eigenvalue weighted by Gasteiger charge is -2.08. The van der Waals surface area contributed by atoms with Gasteiger partial charge in [0.25, 0.3) is 0 Å². The predicted molar refractivity (Wildman–Crippen MR) is 77.3 cm³/mol. The zero-order valence-electron chi connectivity index (χ0n) is 9.99. The Kier molecular flexibility index (Phi) is 4.25. The third-order valence-electron chi connectivity index (χ3n) is 2.79. The molecule has 0 radical (unpaired) electrons. The van der Waals surface area contributed by atoms with Gasteiger partial charge in [-0.15, -0.1) is 0 Å². The van der Waals surface area contributed by atoms with Gasteiger partial charge in [0.05, 0.1) is 0 Å². The summed E-state index contributed by atoms with van der Waals surface area (Å²) in [4.78, 5) is 11.8. The molecule has 0 N–H and O–H groups in total. The van der Waals surface area contributed by atoms with Crippen molar-refractivity contribution in [1.82, 2.24) is 4.57 Å². The first kappa shape index (κ1) is 13.4. The summed E-state index contributed by atoms with van der Waals surface area (Å²) in [5.41, 5.74) is 2.10. The van der Waals surface area contributed by atoms with Crippen molar-refractivity contribution >= 4 is 33.4 Å². The summed E-state index contributed by atoms with van der Waals surface area (Å²) in [6.07, 6.45) is 3.01. The minimum atomic E-state index is 0.102. The van der Waals surface area contributed by atoms with Crippen molar-refractivity contribution in [2.45, 2.75) is 19.8 Å². The fourth-order valence-electron chi connectivity index (χ4n) is 1.81.